The number of carbonyl (C=O) groups excluding carboxylic acids is 4. The van der Waals surface area contributed by atoms with Gasteiger partial charge in [0, 0.05) is 59.4 Å². The summed E-state index contributed by atoms with van der Waals surface area (Å²) in [5, 5.41) is 36.1. The van der Waals surface area contributed by atoms with Crippen molar-refractivity contribution in [2.45, 2.75) is 24.9 Å². The van der Waals surface area contributed by atoms with E-state index < -0.39 is 42.8 Å². The number of hydrogen-bond acceptors (Lipinski definition) is 12. The number of fused-ring (bicyclic) bond motifs is 2. The molecule has 0 spiro atoms. The molecule has 4 heterocycles. The van der Waals surface area contributed by atoms with Crippen LogP contribution in [0.3, 0.4) is 0 Å². The van der Waals surface area contributed by atoms with Gasteiger partial charge < -0.3 is 40.1 Å². The van der Waals surface area contributed by atoms with E-state index >= 15 is 0 Å². The summed E-state index contributed by atoms with van der Waals surface area (Å²) in [6.07, 6.45) is 9.22. The van der Waals surface area contributed by atoms with Crippen LogP contribution in [0, 0.1) is 0 Å². The van der Waals surface area contributed by atoms with E-state index in [1.54, 1.807) is 79.1 Å². The van der Waals surface area contributed by atoms with Crippen LogP contribution in [0.2, 0.25) is 0 Å². The SMILES string of the molecule is O=C(N[C@H](Cc1c[nH]c2ccccc12)C(=O)N/N=C/c1cc(/C=N/NC(=O)[C@@H](Cc2c[nH]c3ccccc23)NC(=O)c2cccnc2Oc2ccccc2)cc(B(O)O)c1)c1cccnc1Oc1ccccc1. The molecular formula is C54H45BN10O8. The van der Waals surface area contributed by atoms with Gasteiger partial charge >= 0.3 is 7.12 Å². The van der Waals surface area contributed by atoms with E-state index in [-0.39, 0.29) is 41.2 Å². The average Bonchev–Trinajstić information content (AvgIpc) is 4.02. The number of pyridine rings is 2. The van der Waals surface area contributed by atoms with Gasteiger partial charge in [0.1, 0.15) is 34.7 Å². The molecule has 5 aromatic carbocycles. The van der Waals surface area contributed by atoms with E-state index in [4.69, 9.17) is 9.47 Å². The molecule has 4 aromatic heterocycles. The second-order valence-electron chi connectivity index (χ2n) is 16.5. The zero-order valence-corrected chi connectivity index (χ0v) is 38.7. The highest BCUT2D eigenvalue weighted by Crippen LogP contribution is 2.26. The first-order valence-electron chi connectivity index (χ1n) is 22.9. The highest BCUT2D eigenvalue weighted by Gasteiger charge is 2.27. The molecule has 362 valence electrons. The van der Waals surface area contributed by atoms with Crippen molar-refractivity contribution in [3.63, 3.8) is 0 Å². The van der Waals surface area contributed by atoms with Gasteiger partial charge in [0.15, 0.2) is 0 Å². The van der Waals surface area contributed by atoms with Crippen LogP contribution in [0.25, 0.3) is 21.8 Å². The van der Waals surface area contributed by atoms with Crippen molar-refractivity contribution in [3.8, 4) is 23.3 Å². The molecule has 9 aromatic rings. The normalized spacial score (nSPS) is 12.1. The first kappa shape index (κ1) is 48.3. The van der Waals surface area contributed by atoms with Gasteiger partial charge in [-0.3, -0.25) is 19.2 Å². The molecule has 0 bridgehead atoms. The summed E-state index contributed by atoms with van der Waals surface area (Å²) in [6, 6.07) is 41.2. The summed E-state index contributed by atoms with van der Waals surface area (Å²) in [6.45, 7) is 0. The Bertz CT molecular complexity index is 3250. The molecule has 0 aliphatic carbocycles. The van der Waals surface area contributed by atoms with Crippen LogP contribution < -0.4 is 36.4 Å². The van der Waals surface area contributed by atoms with Crippen molar-refractivity contribution in [1.29, 1.82) is 0 Å². The monoisotopic (exact) mass is 972 g/mol. The summed E-state index contributed by atoms with van der Waals surface area (Å²) >= 11 is 0. The fraction of sp³-hybridized carbons (Fsp3) is 0.0741. The van der Waals surface area contributed by atoms with Gasteiger partial charge in [-0.25, -0.2) is 20.8 Å². The van der Waals surface area contributed by atoms with Gasteiger partial charge in [-0.15, -0.1) is 0 Å². The maximum atomic E-state index is 14.0. The summed E-state index contributed by atoms with van der Waals surface area (Å²) in [5.41, 5.74) is 9.08. The van der Waals surface area contributed by atoms with Gasteiger partial charge in [0.25, 0.3) is 23.6 Å². The van der Waals surface area contributed by atoms with Crippen molar-refractivity contribution in [3.05, 3.63) is 210 Å². The third kappa shape index (κ3) is 12.2. The Balaban J connectivity index is 0.915. The van der Waals surface area contributed by atoms with Crippen LogP contribution in [0.15, 0.2) is 187 Å². The zero-order valence-electron chi connectivity index (χ0n) is 38.7. The number of carbonyl (C=O) groups is 4. The Morgan fingerprint density at radius 3 is 1.42 bits per heavy atom. The molecule has 0 saturated carbocycles. The number of aromatic nitrogens is 4. The maximum absolute atomic E-state index is 14.0. The number of benzene rings is 5. The van der Waals surface area contributed by atoms with Crippen molar-refractivity contribution in [2.24, 2.45) is 10.2 Å². The van der Waals surface area contributed by atoms with E-state index in [1.165, 1.54) is 49.1 Å². The van der Waals surface area contributed by atoms with E-state index in [9.17, 15) is 29.2 Å². The number of amides is 4. The molecule has 4 amide bonds. The van der Waals surface area contributed by atoms with Crippen molar-refractivity contribution < 1.29 is 38.7 Å². The lowest BCUT2D eigenvalue weighted by Gasteiger charge is -2.18. The highest BCUT2D eigenvalue weighted by atomic mass is 16.5. The number of ether oxygens (including phenoxy) is 2. The van der Waals surface area contributed by atoms with Crippen LogP contribution in [-0.2, 0) is 22.4 Å². The average molecular weight is 973 g/mol. The molecule has 18 nitrogen and oxygen atoms in total. The Morgan fingerprint density at radius 2 is 0.986 bits per heavy atom. The molecule has 9 rings (SSSR count). The zero-order chi connectivity index (χ0) is 50.5. The second-order valence-corrected chi connectivity index (χ2v) is 16.5. The third-order valence-electron chi connectivity index (χ3n) is 11.5. The molecule has 2 atom stereocenters. The first-order valence-corrected chi connectivity index (χ1v) is 22.9. The van der Waals surface area contributed by atoms with E-state index in [0.29, 0.717) is 22.6 Å². The predicted octanol–water partition coefficient (Wildman–Crippen LogP) is 5.69. The number of rotatable bonds is 19. The van der Waals surface area contributed by atoms with Crippen LogP contribution in [0.1, 0.15) is 43.0 Å². The van der Waals surface area contributed by atoms with Crippen LogP contribution in [0.5, 0.6) is 23.3 Å². The number of hydrazone groups is 2. The minimum Gasteiger partial charge on any atom is -0.438 e. The van der Waals surface area contributed by atoms with Crippen LogP contribution in [0.4, 0.5) is 0 Å². The Hall–Kier alpha value is -9.72. The molecule has 0 fully saturated rings. The van der Waals surface area contributed by atoms with Gasteiger partial charge in [-0.1, -0.05) is 84.9 Å². The molecule has 19 heteroatoms. The lowest BCUT2D eigenvalue weighted by atomic mass is 9.79. The first-order chi connectivity index (χ1) is 35.6. The quantitative estimate of drug-likeness (QED) is 0.0279. The van der Waals surface area contributed by atoms with Crippen molar-refractivity contribution in [1.82, 2.24) is 41.4 Å². The molecule has 0 aliphatic heterocycles. The topological polar surface area (TPSA) is 257 Å². The molecular weight excluding hydrogens is 927 g/mol. The standard InChI is InChI=1S/C54H45BN10O8/c66-49(43-19-11-23-56-53(43)72-39-13-3-1-4-14-39)62-47(28-36-32-58-45-21-9-7-17-41(36)45)51(68)64-60-30-34-25-35(27-38(26-34)55(70)71)31-61-65-52(69)48(29-37-33-59-46-22-10-8-18-42(37)46)63-50(67)44-20-12-24-57-54(44)73-40-15-5-2-6-16-40/h1-27,30-33,47-48,58-59,70-71H,28-29H2,(H,62,66)(H,63,67)(H,64,68)(H,65,69)/b60-30+,61-31+/t47-,48-/m1/s1. The highest BCUT2D eigenvalue weighted by molar-refractivity contribution is 6.58. The summed E-state index contributed by atoms with van der Waals surface area (Å²) in [4.78, 5) is 70.6. The number of hydrogen-bond donors (Lipinski definition) is 8. The Labute approximate surface area is 417 Å². The summed E-state index contributed by atoms with van der Waals surface area (Å²) in [7, 11) is -1.91. The van der Waals surface area contributed by atoms with E-state index in [0.717, 1.165) is 32.9 Å². The lowest BCUT2D eigenvalue weighted by molar-refractivity contribution is -0.123. The van der Waals surface area contributed by atoms with Crippen molar-refractivity contribution in [2.75, 3.05) is 0 Å². The maximum Gasteiger partial charge on any atom is 0.488 e. The fourth-order valence-electron chi connectivity index (χ4n) is 7.92. The molecule has 0 aliphatic rings. The minimum atomic E-state index is -1.91. The van der Waals surface area contributed by atoms with Crippen LogP contribution >= 0.6 is 0 Å². The van der Waals surface area contributed by atoms with Gasteiger partial charge in [0.2, 0.25) is 11.8 Å². The van der Waals surface area contributed by atoms with E-state index in [1.807, 2.05) is 60.7 Å². The second kappa shape index (κ2) is 22.8. The lowest BCUT2D eigenvalue weighted by Crippen LogP contribution is -2.47. The number of para-hydroxylation sites is 4. The number of nitrogens with one attached hydrogen (secondary N) is 6. The fourth-order valence-corrected chi connectivity index (χ4v) is 7.92. The Kier molecular flexibility index (Phi) is 15.1. The number of H-pyrrole nitrogens is 2. The smallest absolute Gasteiger partial charge is 0.438 e. The van der Waals surface area contributed by atoms with Crippen molar-refractivity contribution >= 4 is 70.4 Å². The third-order valence-corrected chi connectivity index (χ3v) is 11.5. The Morgan fingerprint density at radius 1 is 0.562 bits per heavy atom. The number of aromatic amines is 2. The van der Waals surface area contributed by atoms with Crippen LogP contribution in [-0.4, -0.2) is 85.2 Å². The largest absolute Gasteiger partial charge is 0.488 e. The molecule has 0 unspecified atom stereocenters. The summed E-state index contributed by atoms with van der Waals surface area (Å²) < 4.78 is 11.8. The van der Waals surface area contributed by atoms with E-state index in [2.05, 4.69) is 51.6 Å². The molecule has 0 radical (unpaired) electrons. The molecule has 73 heavy (non-hydrogen) atoms. The molecule has 0 saturated heterocycles. The van der Waals surface area contributed by atoms with Gasteiger partial charge in [-0.05, 0) is 94.4 Å². The van der Waals surface area contributed by atoms with Gasteiger partial charge in [0.05, 0.1) is 12.4 Å². The number of nitrogens with zero attached hydrogens (tertiary/aromatic N) is 4. The molecule has 8 N–H and O–H groups in total. The summed E-state index contributed by atoms with van der Waals surface area (Å²) in [5.74, 6) is -1.54. The minimum absolute atomic E-state index is 0.0435. The van der Waals surface area contributed by atoms with Gasteiger partial charge in [-0.2, -0.15) is 10.2 Å². The predicted molar refractivity (Wildman–Crippen MR) is 276 cm³/mol.